The van der Waals surface area contributed by atoms with Crippen molar-refractivity contribution in [1.82, 2.24) is 0 Å². The molecule has 1 aromatic rings. The largest absolute Gasteiger partial charge is 0.459 e. The number of anilines is 1. The van der Waals surface area contributed by atoms with Gasteiger partial charge in [-0.15, -0.1) is 0 Å². The Morgan fingerprint density at radius 3 is 2.71 bits per heavy atom. The van der Waals surface area contributed by atoms with Crippen LogP contribution >= 0.6 is 15.9 Å². The summed E-state index contributed by atoms with van der Waals surface area (Å²) in [7, 11) is 0. The first-order valence-corrected chi connectivity index (χ1v) is 6.29. The summed E-state index contributed by atoms with van der Waals surface area (Å²) in [5.74, 6) is -0.329. The van der Waals surface area contributed by atoms with Gasteiger partial charge < -0.3 is 15.2 Å². The Morgan fingerprint density at radius 2 is 2.06 bits per heavy atom. The molecule has 1 aromatic carbocycles. The van der Waals surface area contributed by atoms with Crippen LogP contribution in [0, 0.1) is 0 Å². The molecule has 0 atom stereocenters. The molecule has 5 heteroatoms. The van der Waals surface area contributed by atoms with E-state index < -0.39 is 0 Å². The summed E-state index contributed by atoms with van der Waals surface area (Å²) >= 11 is 3.30. The third-order valence-electron chi connectivity index (χ3n) is 2.60. The topological polar surface area (TPSA) is 61.6 Å². The van der Waals surface area contributed by atoms with Crippen LogP contribution in [0.4, 0.5) is 5.69 Å². The maximum atomic E-state index is 11.9. The second-order valence-corrected chi connectivity index (χ2v) is 4.91. The number of hydrogen-bond acceptors (Lipinski definition) is 4. The number of carbonyl (C=O) groups excluding carboxylic acids is 1. The molecule has 1 heterocycles. The molecule has 92 valence electrons. The van der Waals surface area contributed by atoms with E-state index in [0.29, 0.717) is 24.5 Å². The van der Waals surface area contributed by atoms with Crippen LogP contribution in [0.25, 0.3) is 0 Å². The molecule has 1 fully saturated rings. The molecule has 0 bridgehead atoms. The fraction of sp³-hybridized carbons (Fsp3) is 0.417. The van der Waals surface area contributed by atoms with Crippen molar-refractivity contribution >= 4 is 27.6 Å². The van der Waals surface area contributed by atoms with Gasteiger partial charge in [0.1, 0.15) is 6.10 Å². The summed E-state index contributed by atoms with van der Waals surface area (Å²) < 4.78 is 11.4. The van der Waals surface area contributed by atoms with E-state index in [2.05, 4.69) is 15.9 Å². The SMILES string of the molecule is Nc1cc(Br)cc(C(=O)OC2CCOCC2)c1. The fourth-order valence-electron chi connectivity index (χ4n) is 1.74. The molecule has 1 aliphatic rings. The first-order valence-electron chi connectivity index (χ1n) is 5.50. The van der Waals surface area contributed by atoms with E-state index >= 15 is 0 Å². The van der Waals surface area contributed by atoms with E-state index in [1.165, 1.54) is 0 Å². The monoisotopic (exact) mass is 299 g/mol. The van der Waals surface area contributed by atoms with Gasteiger partial charge in [0, 0.05) is 23.0 Å². The predicted molar refractivity (Wildman–Crippen MR) is 67.8 cm³/mol. The first kappa shape index (κ1) is 12.4. The average molecular weight is 300 g/mol. The molecule has 4 nitrogen and oxygen atoms in total. The maximum Gasteiger partial charge on any atom is 0.338 e. The van der Waals surface area contributed by atoms with Gasteiger partial charge in [0.25, 0.3) is 0 Å². The maximum absolute atomic E-state index is 11.9. The number of halogens is 1. The summed E-state index contributed by atoms with van der Waals surface area (Å²) in [6.07, 6.45) is 1.47. The number of carbonyl (C=O) groups is 1. The number of esters is 1. The standard InChI is InChI=1S/C12H14BrNO3/c13-9-5-8(6-10(14)7-9)12(15)17-11-1-3-16-4-2-11/h5-7,11H,1-4,14H2. The van der Waals surface area contributed by atoms with Crippen LogP contribution in [0.3, 0.4) is 0 Å². The summed E-state index contributed by atoms with van der Waals surface area (Å²) in [4.78, 5) is 11.9. The van der Waals surface area contributed by atoms with E-state index in [0.717, 1.165) is 17.3 Å². The molecule has 2 rings (SSSR count). The molecule has 0 unspecified atom stereocenters. The van der Waals surface area contributed by atoms with E-state index in [1.54, 1.807) is 18.2 Å². The predicted octanol–water partition coefficient (Wildman–Crippen LogP) is 2.37. The molecular weight excluding hydrogens is 286 g/mol. The second-order valence-electron chi connectivity index (χ2n) is 3.99. The van der Waals surface area contributed by atoms with Crippen molar-refractivity contribution in [3.05, 3.63) is 28.2 Å². The molecule has 0 radical (unpaired) electrons. The zero-order valence-electron chi connectivity index (χ0n) is 9.32. The van der Waals surface area contributed by atoms with Gasteiger partial charge in [-0.1, -0.05) is 15.9 Å². The van der Waals surface area contributed by atoms with Crippen LogP contribution in [-0.2, 0) is 9.47 Å². The van der Waals surface area contributed by atoms with Crippen molar-refractivity contribution in [1.29, 1.82) is 0 Å². The lowest BCUT2D eigenvalue weighted by Gasteiger charge is -2.22. The zero-order valence-corrected chi connectivity index (χ0v) is 10.9. The quantitative estimate of drug-likeness (QED) is 0.673. The normalized spacial score (nSPS) is 16.8. The summed E-state index contributed by atoms with van der Waals surface area (Å²) in [5, 5.41) is 0. The smallest absolute Gasteiger partial charge is 0.338 e. The van der Waals surface area contributed by atoms with Crippen molar-refractivity contribution < 1.29 is 14.3 Å². The lowest BCUT2D eigenvalue weighted by atomic mass is 10.1. The number of nitrogens with two attached hydrogens (primary N) is 1. The van der Waals surface area contributed by atoms with Gasteiger partial charge in [0.2, 0.25) is 0 Å². The van der Waals surface area contributed by atoms with Crippen molar-refractivity contribution in [2.24, 2.45) is 0 Å². The number of rotatable bonds is 2. The van der Waals surface area contributed by atoms with Crippen LogP contribution in [0.1, 0.15) is 23.2 Å². The molecule has 1 saturated heterocycles. The van der Waals surface area contributed by atoms with Crippen LogP contribution < -0.4 is 5.73 Å². The average Bonchev–Trinajstić information content (AvgIpc) is 2.29. The minimum absolute atomic E-state index is 0.0449. The van der Waals surface area contributed by atoms with E-state index in [9.17, 15) is 4.79 Å². The Labute approximate surface area is 108 Å². The summed E-state index contributed by atoms with van der Waals surface area (Å²) in [5.41, 5.74) is 6.69. The van der Waals surface area contributed by atoms with Gasteiger partial charge in [-0.05, 0) is 18.2 Å². The highest BCUT2D eigenvalue weighted by molar-refractivity contribution is 9.10. The van der Waals surface area contributed by atoms with Crippen LogP contribution in [0.15, 0.2) is 22.7 Å². The van der Waals surface area contributed by atoms with Crippen molar-refractivity contribution in [3.63, 3.8) is 0 Å². The Kier molecular flexibility index (Phi) is 4.02. The fourth-order valence-corrected chi connectivity index (χ4v) is 2.25. The molecule has 0 aliphatic carbocycles. The van der Waals surface area contributed by atoms with Gasteiger partial charge in [-0.2, -0.15) is 0 Å². The Bertz CT molecular complexity index is 396. The number of hydrogen-bond donors (Lipinski definition) is 1. The second kappa shape index (κ2) is 5.51. The molecule has 1 aliphatic heterocycles. The number of benzene rings is 1. The van der Waals surface area contributed by atoms with Crippen molar-refractivity contribution in [2.45, 2.75) is 18.9 Å². The third kappa shape index (κ3) is 3.44. The summed E-state index contributed by atoms with van der Waals surface area (Å²) in [6, 6.07) is 5.07. The van der Waals surface area contributed by atoms with Gasteiger partial charge in [-0.25, -0.2) is 4.79 Å². The molecule has 17 heavy (non-hydrogen) atoms. The molecule has 0 spiro atoms. The molecule has 2 N–H and O–H groups in total. The van der Waals surface area contributed by atoms with Crippen LogP contribution in [0.2, 0.25) is 0 Å². The zero-order chi connectivity index (χ0) is 12.3. The van der Waals surface area contributed by atoms with Gasteiger partial charge >= 0.3 is 5.97 Å². The highest BCUT2D eigenvalue weighted by Crippen LogP contribution is 2.19. The highest BCUT2D eigenvalue weighted by atomic mass is 79.9. The van der Waals surface area contributed by atoms with Crippen LogP contribution in [-0.4, -0.2) is 25.3 Å². The van der Waals surface area contributed by atoms with Crippen LogP contribution in [0.5, 0.6) is 0 Å². The van der Waals surface area contributed by atoms with Crippen molar-refractivity contribution in [3.8, 4) is 0 Å². The minimum atomic E-state index is -0.329. The Hall–Kier alpha value is -1.07. The first-order chi connectivity index (χ1) is 8.15. The van der Waals surface area contributed by atoms with E-state index in [1.807, 2.05) is 0 Å². The molecular formula is C12H14BrNO3. The summed E-state index contributed by atoms with van der Waals surface area (Å²) in [6.45, 7) is 1.30. The molecule has 0 amide bonds. The molecule has 0 saturated carbocycles. The van der Waals surface area contributed by atoms with Crippen molar-refractivity contribution in [2.75, 3.05) is 18.9 Å². The minimum Gasteiger partial charge on any atom is -0.459 e. The Balaban J connectivity index is 2.03. The number of nitrogen functional groups attached to an aromatic ring is 1. The van der Waals surface area contributed by atoms with E-state index in [-0.39, 0.29) is 12.1 Å². The van der Waals surface area contributed by atoms with E-state index in [4.69, 9.17) is 15.2 Å². The lowest BCUT2D eigenvalue weighted by Crippen LogP contribution is -2.26. The van der Waals surface area contributed by atoms with Gasteiger partial charge in [0.05, 0.1) is 18.8 Å². The third-order valence-corrected chi connectivity index (χ3v) is 3.06. The number of ether oxygens (including phenoxy) is 2. The lowest BCUT2D eigenvalue weighted by molar-refractivity contribution is -0.0159. The molecule has 0 aromatic heterocycles. The Morgan fingerprint density at radius 1 is 1.35 bits per heavy atom. The highest BCUT2D eigenvalue weighted by Gasteiger charge is 2.19. The van der Waals surface area contributed by atoms with Gasteiger partial charge in [0.15, 0.2) is 0 Å². The van der Waals surface area contributed by atoms with Gasteiger partial charge in [-0.3, -0.25) is 0 Å².